The lowest BCUT2D eigenvalue weighted by Crippen LogP contribution is -2.28. The molecule has 0 aliphatic carbocycles. The number of hydrogen-bond donors (Lipinski definition) is 1. The molecule has 0 bridgehead atoms. The standard InChI is InChI=1S/C18H24N2O4S2/c1-15-10-11-17(25(21,22)16-8-5-4-6-9-16)14-18(15)26(23,24)19-12-7-13-20(2)3/h4-6,8-11,14,19H,7,12-13H2,1-3H3. The smallest absolute Gasteiger partial charge is 0.240 e. The predicted octanol–water partition coefficient (Wildman–Crippen LogP) is 2.06. The first-order chi connectivity index (χ1) is 12.1. The minimum Gasteiger partial charge on any atom is -0.309 e. The number of sulfonamides is 1. The minimum absolute atomic E-state index is 0.0145. The Morgan fingerprint density at radius 2 is 1.58 bits per heavy atom. The molecule has 0 radical (unpaired) electrons. The van der Waals surface area contributed by atoms with E-state index in [1.54, 1.807) is 25.1 Å². The Hall–Kier alpha value is -1.74. The van der Waals surface area contributed by atoms with Crippen LogP contribution in [-0.2, 0) is 19.9 Å². The Morgan fingerprint density at radius 3 is 2.19 bits per heavy atom. The van der Waals surface area contributed by atoms with Crippen molar-refractivity contribution in [3.63, 3.8) is 0 Å². The Bertz CT molecular complexity index is 954. The Balaban J connectivity index is 2.32. The second-order valence-corrected chi connectivity index (χ2v) is 9.98. The highest BCUT2D eigenvalue weighted by Crippen LogP contribution is 2.25. The second-order valence-electron chi connectivity index (χ2n) is 6.30. The van der Waals surface area contributed by atoms with E-state index < -0.39 is 19.9 Å². The summed E-state index contributed by atoms with van der Waals surface area (Å²) in [5.41, 5.74) is 0.497. The summed E-state index contributed by atoms with van der Waals surface area (Å²) in [6.07, 6.45) is 0.660. The number of nitrogens with zero attached hydrogens (tertiary/aromatic N) is 1. The molecule has 0 heterocycles. The van der Waals surface area contributed by atoms with Gasteiger partial charge in [0.25, 0.3) is 0 Å². The Kier molecular flexibility index (Phi) is 6.57. The normalized spacial score (nSPS) is 12.5. The molecule has 142 valence electrons. The summed E-state index contributed by atoms with van der Waals surface area (Å²) < 4.78 is 53.2. The van der Waals surface area contributed by atoms with Crippen LogP contribution in [0.25, 0.3) is 0 Å². The van der Waals surface area contributed by atoms with Crippen molar-refractivity contribution in [2.24, 2.45) is 0 Å². The zero-order valence-corrected chi connectivity index (χ0v) is 16.8. The van der Waals surface area contributed by atoms with E-state index in [0.717, 1.165) is 6.54 Å². The van der Waals surface area contributed by atoms with Crippen LogP contribution >= 0.6 is 0 Å². The first kappa shape index (κ1) is 20.6. The van der Waals surface area contributed by atoms with Crippen LogP contribution in [0.5, 0.6) is 0 Å². The van der Waals surface area contributed by atoms with Crippen molar-refractivity contribution in [1.82, 2.24) is 9.62 Å². The van der Waals surface area contributed by atoms with E-state index in [0.29, 0.717) is 12.0 Å². The summed E-state index contributed by atoms with van der Waals surface area (Å²) >= 11 is 0. The van der Waals surface area contributed by atoms with Crippen LogP contribution in [0.1, 0.15) is 12.0 Å². The summed E-state index contributed by atoms with van der Waals surface area (Å²) in [6, 6.07) is 12.1. The van der Waals surface area contributed by atoms with Gasteiger partial charge in [-0.25, -0.2) is 21.6 Å². The molecule has 2 rings (SSSR count). The van der Waals surface area contributed by atoms with Crippen LogP contribution in [0.3, 0.4) is 0 Å². The molecule has 0 atom stereocenters. The quantitative estimate of drug-likeness (QED) is 0.691. The monoisotopic (exact) mass is 396 g/mol. The van der Waals surface area contributed by atoms with Gasteiger partial charge >= 0.3 is 0 Å². The molecule has 2 aromatic rings. The van der Waals surface area contributed by atoms with Crippen LogP contribution in [-0.4, -0.2) is 48.9 Å². The SMILES string of the molecule is Cc1ccc(S(=O)(=O)c2ccccc2)cc1S(=O)(=O)NCCCN(C)C. The molecular weight excluding hydrogens is 372 g/mol. The molecule has 8 heteroatoms. The summed E-state index contributed by atoms with van der Waals surface area (Å²) in [4.78, 5) is 2.04. The molecule has 2 aromatic carbocycles. The number of rotatable bonds is 8. The van der Waals surface area contributed by atoms with E-state index in [2.05, 4.69) is 4.72 Å². The molecule has 0 saturated carbocycles. The van der Waals surface area contributed by atoms with Crippen molar-refractivity contribution >= 4 is 19.9 Å². The topological polar surface area (TPSA) is 83.5 Å². The van der Waals surface area contributed by atoms with Gasteiger partial charge < -0.3 is 4.90 Å². The van der Waals surface area contributed by atoms with E-state index >= 15 is 0 Å². The van der Waals surface area contributed by atoms with Crippen molar-refractivity contribution < 1.29 is 16.8 Å². The van der Waals surface area contributed by atoms with Crippen LogP contribution in [0.4, 0.5) is 0 Å². The fraction of sp³-hybridized carbons (Fsp3) is 0.333. The van der Waals surface area contributed by atoms with Crippen molar-refractivity contribution in [2.45, 2.75) is 28.0 Å². The number of benzene rings is 2. The maximum absolute atomic E-state index is 12.7. The lowest BCUT2D eigenvalue weighted by Gasteiger charge is -2.13. The molecule has 0 aliphatic heterocycles. The number of hydrogen-bond acceptors (Lipinski definition) is 5. The van der Waals surface area contributed by atoms with Gasteiger partial charge in [0, 0.05) is 6.54 Å². The van der Waals surface area contributed by atoms with Crippen LogP contribution < -0.4 is 4.72 Å². The minimum atomic E-state index is -3.79. The lowest BCUT2D eigenvalue weighted by molar-refractivity contribution is 0.400. The number of nitrogens with one attached hydrogen (secondary N) is 1. The van der Waals surface area contributed by atoms with Crippen molar-refractivity contribution in [1.29, 1.82) is 0 Å². The zero-order chi connectivity index (χ0) is 19.4. The van der Waals surface area contributed by atoms with Gasteiger partial charge in [-0.05, 0) is 63.8 Å². The van der Waals surface area contributed by atoms with Crippen molar-refractivity contribution in [2.75, 3.05) is 27.2 Å². The van der Waals surface area contributed by atoms with E-state index in [1.807, 2.05) is 19.0 Å². The summed E-state index contributed by atoms with van der Waals surface area (Å²) in [7, 11) is -3.73. The largest absolute Gasteiger partial charge is 0.309 e. The highest BCUT2D eigenvalue weighted by molar-refractivity contribution is 7.91. The van der Waals surface area contributed by atoms with Crippen molar-refractivity contribution in [3.05, 3.63) is 54.1 Å². The van der Waals surface area contributed by atoms with Gasteiger partial charge in [-0.1, -0.05) is 24.3 Å². The van der Waals surface area contributed by atoms with E-state index in [9.17, 15) is 16.8 Å². The third-order valence-electron chi connectivity index (χ3n) is 3.89. The fourth-order valence-electron chi connectivity index (χ4n) is 2.45. The first-order valence-electron chi connectivity index (χ1n) is 8.20. The van der Waals surface area contributed by atoms with Gasteiger partial charge in [-0.3, -0.25) is 0 Å². The highest BCUT2D eigenvalue weighted by atomic mass is 32.2. The average molecular weight is 397 g/mol. The van der Waals surface area contributed by atoms with Crippen molar-refractivity contribution in [3.8, 4) is 0 Å². The number of sulfone groups is 1. The molecule has 0 aliphatic rings. The molecule has 0 saturated heterocycles. The summed E-state index contributed by atoms with van der Waals surface area (Å²) in [5.74, 6) is 0. The summed E-state index contributed by atoms with van der Waals surface area (Å²) in [5, 5.41) is 0. The van der Waals surface area contributed by atoms with E-state index in [4.69, 9.17) is 0 Å². The Morgan fingerprint density at radius 1 is 0.923 bits per heavy atom. The van der Waals surface area contributed by atoms with E-state index in [-0.39, 0.29) is 21.2 Å². The first-order valence-corrected chi connectivity index (χ1v) is 11.2. The van der Waals surface area contributed by atoms with Gasteiger partial charge in [-0.15, -0.1) is 0 Å². The molecular formula is C18H24N2O4S2. The van der Waals surface area contributed by atoms with Gasteiger partial charge in [0.1, 0.15) is 0 Å². The average Bonchev–Trinajstić information content (AvgIpc) is 2.59. The van der Waals surface area contributed by atoms with Gasteiger partial charge in [0.05, 0.1) is 14.7 Å². The van der Waals surface area contributed by atoms with E-state index in [1.165, 1.54) is 30.3 Å². The molecule has 0 fully saturated rings. The van der Waals surface area contributed by atoms with Crippen LogP contribution in [0, 0.1) is 6.92 Å². The van der Waals surface area contributed by atoms with Gasteiger partial charge in [0.15, 0.2) is 0 Å². The predicted molar refractivity (Wildman–Crippen MR) is 101 cm³/mol. The molecule has 26 heavy (non-hydrogen) atoms. The number of aryl methyl sites for hydroxylation is 1. The maximum atomic E-state index is 12.7. The molecule has 0 amide bonds. The molecule has 0 unspecified atom stereocenters. The third kappa shape index (κ3) is 4.91. The fourth-order valence-corrected chi connectivity index (χ4v) is 5.18. The molecule has 0 spiro atoms. The van der Waals surface area contributed by atoms with Crippen LogP contribution in [0.2, 0.25) is 0 Å². The van der Waals surface area contributed by atoms with Gasteiger partial charge in [0.2, 0.25) is 19.9 Å². The molecule has 6 nitrogen and oxygen atoms in total. The van der Waals surface area contributed by atoms with Crippen LogP contribution in [0.15, 0.2) is 63.2 Å². The summed E-state index contributed by atoms with van der Waals surface area (Å²) in [6.45, 7) is 2.69. The zero-order valence-electron chi connectivity index (χ0n) is 15.1. The molecule has 1 N–H and O–H groups in total. The second kappa shape index (κ2) is 8.30. The maximum Gasteiger partial charge on any atom is 0.240 e. The Labute approximate surface area is 155 Å². The third-order valence-corrected chi connectivity index (χ3v) is 7.26. The molecule has 0 aromatic heterocycles. The highest BCUT2D eigenvalue weighted by Gasteiger charge is 2.22. The van der Waals surface area contributed by atoms with Gasteiger partial charge in [-0.2, -0.15) is 0 Å². The lowest BCUT2D eigenvalue weighted by atomic mass is 10.2.